The highest BCUT2D eigenvalue weighted by molar-refractivity contribution is 5.80. The van der Waals surface area contributed by atoms with E-state index in [9.17, 15) is 9.90 Å². The first kappa shape index (κ1) is 14.3. The van der Waals surface area contributed by atoms with Crippen molar-refractivity contribution in [3.63, 3.8) is 0 Å². The summed E-state index contributed by atoms with van der Waals surface area (Å²) in [6, 6.07) is 15.4. The van der Waals surface area contributed by atoms with Crippen molar-refractivity contribution in [3.8, 4) is 11.1 Å². The Kier molecular flexibility index (Phi) is 4.53. The standard InChI is InChI=1S/C17H18O3/c1-3-20-16(17(18)19)15-11-7-6-10-14(15)13-9-5-4-8-12(13)2/h4-11,16H,3H2,1-2H3,(H,18,19). The first-order valence-electron chi connectivity index (χ1n) is 6.64. The molecule has 0 saturated heterocycles. The lowest BCUT2D eigenvalue weighted by Crippen LogP contribution is -2.16. The second-order valence-corrected chi connectivity index (χ2v) is 4.58. The number of hydrogen-bond acceptors (Lipinski definition) is 2. The fourth-order valence-electron chi connectivity index (χ4n) is 2.31. The maximum atomic E-state index is 11.4. The van der Waals surface area contributed by atoms with Crippen LogP contribution in [0.25, 0.3) is 11.1 Å². The van der Waals surface area contributed by atoms with Gasteiger partial charge in [-0.2, -0.15) is 0 Å². The topological polar surface area (TPSA) is 46.5 Å². The molecule has 3 heteroatoms. The third-order valence-electron chi connectivity index (χ3n) is 3.24. The summed E-state index contributed by atoms with van der Waals surface area (Å²) < 4.78 is 5.39. The summed E-state index contributed by atoms with van der Waals surface area (Å²) in [7, 11) is 0. The lowest BCUT2D eigenvalue weighted by Gasteiger charge is -2.18. The fourth-order valence-corrected chi connectivity index (χ4v) is 2.31. The summed E-state index contributed by atoms with van der Waals surface area (Å²) in [6.07, 6.45) is -0.934. The molecule has 0 bridgehead atoms. The van der Waals surface area contributed by atoms with Gasteiger partial charge in [0.25, 0.3) is 0 Å². The summed E-state index contributed by atoms with van der Waals surface area (Å²) in [5, 5.41) is 9.37. The molecule has 0 aliphatic heterocycles. The highest BCUT2D eigenvalue weighted by Crippen LogP contribution is 2.32. The molecule has 2 aromatic carbocycles. The first-order valence-corrected chi connectivity index (χ1v) is 6.64. The lowest BCUT2D eigenvalue weighted by molar-refractivity contribution is -0.150. The van der Waals surface area contributed by atoms with Crippen molar-refractivity contribution in [2.45, 2.75) is 20.0 Å². The maximum Gasteiger partial charge on any atom is 0.337 e. The molecule has 0 radical (unpaired) electrons. The van der Waals surface area contributed by atoms with Gasteiger partial charge >= 0.3 is 5.97 Å². The Morgan fingerprint density at radius 2 is 1.70 bits per heavy atom. The van der Waals surface area contributed by atoms with Crippen molar-refractivity contribution in [1.82, 2.24) is 0 Å². The van der Waals surface area contributed by atoms with E-state index in [-0.39, 0.29) is 0 Å². The van der Waals surface area contributed by atoms with Crippen LogP contribution in [0.5, 0.6) is 0 Å². The van der Waals surface area contributed by atoms with Crippen LogP contribution in [0.15, 0.2) is 48.5 Å². The van der Waals surface area contributed by atoms with E-state index in [0.29, 0.717) is 12.2 Å². The molecule has 104 valence electrons. The zero-order chi connectivity index (χ0) is 14.5. The third kappa shape index (κ3) is 2.89. The normalized spacial score (nSPS) is 12.1. The molecule has 0 aliphatic carbocycles. The second-order valence-electron chi connectivity index (χ2n) is 4.58. The van der Waals surface area contributed by atoms with E-state index in [1.165, 1.54) is 0 Å². The number of carboxylic acids is 1. The molecule has 0 saturated carbocycles. The third-order valence-corrected chi connectivity index (χ3v) is 3.24. The van der Waals surface area contributed by atoms with Gasteiger partial charge in [-0.25, -0.2) is 4.79 Å². The molecule has 20 heavy (non-hydrogen) atoms. The molecule has 0 aliphatic rings. The number of benzene rings is 2. The van der Waals surface area contributed by atoms with Gasteiger partial charge in [-0.05, 0) is 36.1 Å². The van der Waals surface area contributed by atoms with Crippen LogP contribution in [-0.2, 0) is 9.53 Å². The molecular formula is C17H18O3. The van der Waals surface area contributed by atoms with E-state index in [4.69, 9.17) is 4.74 Å². The zero-order valence-electron chi connectivity index (χ0n) is 11.7. The van der Waals surface area contributed by atoms with Gasteiger partial charge in [0.15, 0.2) is 6.10 Å². The monoisotopic (exact) mass is 270 g/mol. The minimum absolute atomic E-state index is 0.360. The predicted molar refractivity (Wildman–Crippen MR) is 78.6 cm³/mol. The quantitative estimate of drug-likeness (QED) is 0.898. The van der Waals surface area contributed by atoms with Gasteiger partial charge in [-0.15, -0.1) is 0 Å². The average molecular weight is 270 g/mol. The van der Waals surface area contributed by atoms with Crippen LogP contribution in [0.4, 0.5) is 0 Å². The molecule has 2 rings (SSSR count). The van der Waals surface area contributed by atoms with Crippen molar-refractivity contribution in [1.29, 1.82) is 0 Å². The van der Waals surface area contributed by atoms with Crippen molar-refractivity contribution in [3.05, 3.63) is 59.7 Å². The van der Waals surface area contributed by atoms with E-state index in [1.807, 2.05) is 55.5 Å². The van der Waals surface area contributed by atoms with E-state index in [0.717, 1.165) is 16.7 Å². The molecule has 0 amide bonds. The van der Waals surface area contributed by atoms with Crippen LogP contribution < -0.4 is 0 Å². The average Bonchev–Trinajstić information content (AvgIpc) is 2.45. The summed E-state index contributed by atoms with van der Waals surface area (Å²) in [6.45, 7) is 4.17. The van der Waals surface area contributed by atoms with Crippen LogP contribution in [0.1, 0.15) is 24.2 Å². The SMILES string of the molecule is CCOC(C(=O)O)c1ccccc1-c1ccccc1C. The van der Waals surface area contributed by atoms with Crippen molar-refractivity contribution < 1.29 is 14.6 Å². The summed E-state index contributed by atoms with van der Waals surface area (Å²) in [5.74, 6) is -0.965. The van der Waals surface area contributed by atoms with Crippen LogP contribution in [0.2, 0.25) is 0 Å². The minimum Gasteiger partial charge on any atom is -0.479 e. The number of hydrogen-bond donors (Lipinski definition) is 1. The zero-order valence-corrected chi connectivity index (χ0v) is 11.7. The number of aliphatic carboxylic acids is 1. The molecular weight excluding hydrogens is 252 g/mol. The smallest absolute Gasteiger partial charge is 0.337 e. The molecule has 0 spiro atoms. The van der Waals surface area contributed by atoms with E-state index >= 15 is 0 Å². The van der Waals surface area contributed by atoms with Crippen LogP contribution in [0.3, 0.4) is 0 Å². The highest BCUT2D eigenvalue weighted by atomic mass is 16.5. The molecule has 1 N–H and O–H groups in total. The molecule has 0 fully saturated rings. The van der Waals surface area contributed by atoms with Gasteiger partial charge in [0, 0.05) is 6.61 Å². The molecule has 1 unspecified atom stereocenters. The molecule has 3 nitrogen and oxygen atoms in total. The Morgan fingerprint density at radius 1 is 1.10 bits per heavy atom. The second kappa shape index (κ2) is 6.35. The maximum absolute atomic E-state index is 11.4. The predicted octanol–water partition coefficient (Wildman–Crippen LogP) is 3.82. The molecule has 0 aromatic heterocycles. The summed E-state index contributed by atoms with van der Waals surface area (Å²) in [4.78, 5) is 11.4. The number of ether oxygens (including phenoxy) is 1. The van der Waals surface area contributed by atoms with E-state index < -0.39 is 12.1 Å². The first-order chi connectivity index (χ1) is 9.65. The van der Waals surface area contributed by atoms with Gasteiger partial charge in [0.1, 0.15) is 0 Å². The van der Waals surface area contributed by atoms with Crippen molar-refractivity contribution >= 4 is 5.97 Å². The van der Waals surface area contributed by atoms with Gasteiger partial charge in [0.05, 0.1) is 0 Å². The van der Waals surface area contributed by atoms with Crippen LogP contribution in [-0.4, -0.2) is 17.7 Å². The van der Waals surface area contributed by atoms with Crippen molar-refractivity contribution in [2.75, 3.05) is 6.61 Å². The molecule has 2 aromatic rings. The molecule has 1 atom stereocenters. The van der Waals surface area contributed by atoms with Crippen LogP contribution >= 0.6 is 0 Å². The van der Waals surface area contributed by atoms with Gasteiger partial charge in [-0.1, -0.05) is 48.5 Å². The number of carboxylic acid groups (broad SMARTS) is 1. The van der Waals surface area contributed by atoms with Crippen molar-refractivity contribution in [2.24, 2.45) is 0 Å². The fraction of sp³-hybridized carbons (Fsp3) is 0.235. The Balaban J connectivity index is 2.56. The Labute approximate surface area is 118 Å². The molecule has 0 heterocycles. The summed E-state index contributed by atoms with van der Waals surface area (Å²) in [5.41, 5.74) is 3.75. The number of carbonyl (C=O) groups is 1. The Hall–Kier alpha value is -2.13. The minimum atomic E-state index is -0.965. The number of rotatable bonds is 5. The largest absolute Gasteiger partial charge is 0.479 e. The summed E-state index contributed by atoms with van der Waals surface area (Å²) >= 11 is 0. The Morgan fingerprint density at radius 3 is 2.30 bits per heavy atom. The Bertz CT molecular complexity index is 605. The van der Waals surface area contributed by atoms with E-state index in [1.54, 1.807) is 6.92 Å². The van der Waals surface area contributed by atoms with Crippen LogP contribution in [0, 0.1) is 6.92 Å². The number of aryl methyl sites for hydroxylation is 1. The van der Waals surface area contributed by atoms with Gasteiger partial charge in [-0.3, -0.25) is 0 Å². The van der Waals surface area contributed by atoms with Gasteiger partial charge < -0.3 is 9.84 Å². The highest BCUT2D eigenvalue weighted by Gasteiger charge is 2.23. The van der Waals surface area contributed by atoms with E-state index in [2.05, 4.69) is 0 Å². The lowest BCUT2D eigenvalue weighted by atomic mass is 9.93. The van der Waals surface area contributed by atoms with Gasteiger partial charge in [0.2, 0.25) is 0 Å².